The van der Waals surface area contributed by atoms with Crippen molar-refractivity contribution in [2.45, 2.75) is 25.5 Å². The lowest BCUT2D eigenvalue weighted by Crippen LogP contribution is -2.34. The second-order valence-corrected chi connectivity index (χ2v) is 7.46. The summed E-state index contributed by atoms with van der Waals surface area (Å²) < 4.78 is 5.18. The fourth-order valence-electron chi connectivity index (χ4n) is 3.04. The molecule has 1 aromatic heterocycles. The molecule has 0 aliphatic heterocycles. The van der Waals surface area contributed by atoms with Gasteiger partial charge in [0, 0.05) is 13.0 Å². The number of thiophene rings is 1. The van der Waals surface area contributed by atoms with Crippen molar-refractivity contribution in [1.29, 1.82) is 0 Å². The third-order valence-electron chi connectivity index (χ3n) is 4.68. The Bertz CT molecular complexity index is 847. The van der Waals surface area contributed by atoms with Gasteiger partial charge >= 0.3 is 0 Å². The summed E-state index contributed by atoms with van der Waals surface area (Å²) in [6, 6.07) is 19.6. The normalized spacial score (nSPS) is 11.8. The van der Waals surface area contributed by atoms with Crippen LogP contribution in [0.25, 0.3) is 0 Å². The number of aliphatic hydroxyl groups is 1. The number of carbonyl (C=O) groups excluding carboxylic acids is 1. The number of rotatable bonds is 9. The van der Waals surface area contributed by atoms with Gasteiger partial charge in [-0.2, -0.15) is 11.3 Å². The molecule has 0 saturated heterocycles. The van der Waals surface area contributed by atoms with Crippen molar-refractivity contribution < 1.29 is 14.6 Å². The predicted octanol–water partition coefficient (Wildman–Crippen LogP) is 4.45. The van der Waals surface area contributed by atoms with Crippen LogP contribution in [0.2, 0.25) is 0 Å². The minimum atomic E-state index is -0.681. The van der Waals surface area contributed by atoms with E-state index in [2.05, 4.69) is 0 Å². The maximum absolute atomic E-state index is 12.9. The summed E-state index contributed by atoms with van der Waals surface area (Å²) >= 11 is 1.54. The first-order chi connectivity index (χ1) is 13.7. The topological polar surface area (TPSA) is 49.8 Å². The zero-order valence-electron chi connectivity index (χ0n) is 16.0. The lowest BCUT2D eigenvalue weighted by atomic mass is 10.1. The molecular formula is C23H25NO3S. The average Bonchev–Trinajstić information content (AvgIpc) is 3.28. The molecule has 0 radical (unpaired) electrons. The van der Waals surface area contributed by atoms with Gasteiger partial charge < -0.3 is 14.7 Å². The summed E-state index contributed by atoms with van der Waals surface area (Å²) in [7, 11) is 1.64. The number of benzene rings is 2. The minimum absolute atomic E-state index is 0.0361. The molecule has 3 rings (SSSR count). The van der Waals surface area contributed by atoms with Gasteiger partial charge in [0.05, 0.1) is 19.8 Å². The Morgan fingerprint density at radius 3 is 2.46 bits per heavy atom. The molecule has 4 nitrogen and oxygen atoms in total. The third-order valence-corrected chi connectivity index (χ3v) is 5.38. The highest BCUT2D eigenvalue weighted by Gasteiger charge is 2.19. The van der Waals surface area contributed by atoms with Crippen LogP contribution in [0.3, 0.4) is 0 Å². The number of methoxy groups -OCH3 is 1. The van der Waals surface area contributed by atoms with Crippen LogP contribution < -0.4 is 4.74 Å². The van der Waals surface area contributed by atoms with Gasteiger partial charge in [-0.05, 0) is 52.1 Å². The van der Waals surface area contributed by atoms with Gasteiger partial charge in [0.2, 0.25) is 5.91 Å². The molecule has 3 aromatic rings. The molecule has 28 heavy (non-hydrogen) atoms. The van der Waals surface area contributed by atoms with Gasteiger partial charge in [0.25, 0.3) is 0 Å². The number of ether oxygens (including phenoxy) is 1. The molecule has 0 unspecified atom stereocenters. The molecule has 0 spiro atoms. The highest BCUT2D eigenvalue weighted by molar-refractivity contribution is 7.07. The lowest BCUT2D eigenvalue weighted by Gasteiger charge is -2.25. The number of amides is 1. The van der Waals surface area contributed by atoms with Gasteiger partial charge in [0.1, 0.15) is 5.75 Å². The van der Waals surface area contributed by atoms with Crippen molar-refractivity contribution in [3.05, 3.63) is 88.1 Å². The van der Waals surface area contributed by atoms with Gasteiger partial charge in [-0.1, -0.05) is 42.5 Å². The summed E-state index contributed by atoms with van der Waals surface area (Å²) in [4.78, 5) is 14.7. The molecule has 5 heteroatoms. The fourth-order valence-corrected chi connectivity index (χ4v) is 3.75. The molecule has 146 valence electrons. The standard InChI is InChI=1S/C23H25NO3S/c1-27-21-10-7-18(8-11-21)9-12-23(26)24(15-19-5-3-2-4-6-19)16-22(25)20-13-14-28-17-20/h2-8,10-11,13-14,17,22,25H,9,12,15-16H2,1H3/t22-/m1/s1. The van der Waals surface area contributed by atoms with Crippen LogP contribution in [0.4, 0.5) is 0 Å². The van der Waals surface area contributed by atoms with Crippen molar-refractivity contribution in [2.24, 2.45) is 0 Å². The number of aryl methyl sites for hydroxylation is 1. The first-order valence-electron chi connectivity index (χ1n) is 9.30. The van der Waals surface area contributed by atoms with Crippen molar-refractivity contribution in [3.63, 3.8) is 0 Å². The summed E-state index contributed by atoms with van der Waals surface area (Å²) in [6.07, 6.45) is 0.373. The largest absolute Gasteiger partial charge is 0.497 e. The Hall–Kier alpha value is -2.63. The summed E-state index contributed by atoms with van der Waals surface area (Å²) in [5.41, 5.74) is 3.00. The maximum Gasteiger partial charge on any atom is 0.223 e. The van der Waals surface area contributed by atoms with E-state index >= 15 is 0 Å². The van der Waals surface area contributed by atoms with E-state index in [1.807, 2.05) is 71.4 Å². The van der Waals surface area contributed by atoms with E-state index in [4.69, 9.17) is 4.74 Å². The van der Waals surface area contributed by atoms with Crippen molar-refractivity contribution >= 4 is 17.2 Å². The van der Waals surface area contributed by atoms with Crippen LogP contribution >= 0.6 is 11.3 Å². The molecule has 0 saturated carbocycles. The van der Waals surface area contributed by atoms with Gasteiger partial charge in [-0.3, -0.25) is 4.79 Å². The van der Waals surface area contributed by atoms with Gasteiger partial charge in [-0.15, -0.1) is 0 Å². The quantitative estimate of drug-likeness (QED) is 0.582. The Labute approximate surface area is 170 Å². The van der Waals surface area contributed by atoms with Crippen LogP contribution in [0, 0.1) is 0 Å². The Balaban J connectivity index is 1.66. The highest BCUT2D eigenvalue weighted by atomic mass is 32.1. The van der Waals surface area contributed by atoms with Crippen LogP contribution in [-0.4, -0.2) is 29.6 Å². The number of hydrogen-bond acceptors (Lipinski definition) is 4. The van der Waals surface area contributed by atoms with E-state index in [-0.39, 0.29) is 12.5 Å². The second kappa shape index (κ2) is 10.1. The van der Waals surface area contributed by atoms with Crippen LogP contribution in [-0.2, 0) is 17.8 Å². The second-order valence-electron chi connectivity index (χ2n) is 6.68. The highest BCUT2D eigenvalue weighted by Crippen LogP contribution is 2.20. The predicted molar refractivity (Wildman–Crippen MR) is 112 cm³/mol. The van der Waals surface area contributed by atoms with Gasteiger partial charge in [0.15, 0.2) is 0 Å². The summed E-state index contributed by atoms with van der Waals surface area (Å²) in [5, 5.41) is 14.4. The summed E-state index contributed by atoms with van der Waals surface area (Å²) in [5.74, 6) is 0.841. The Morgan fingerprint density at radius 2 is 1.82 bits per heavy atom. The lowest BCUT2D eigenvalue weighted by molar-refractivity contribution is -0.133. The minimum Gasteiger partial charge on any atom is -0.497 e. The Morgan fingerprint density at radius 1 is 1.07 bits per heavy atom. The van der Waals surface area contributed by atoms with E-state index < -0.39 is 6.10 Å². The van der Waals surface area contributed by atoms with Crippen molar-refractivity contribution in [1.82, 2.24) is 4.90 Å². The molecular weight excluding hydrogens is 370 g/mol. The van der Waals surface area contributed by atoms with Gasteiger partial charge in [-0.25, -0.2) is 0 Å². The molecule has 1 amide bonds. The molecule has 1 heterocycles. The van der Waals surface area contributed by atoms with Crippen molar-refractivity contribution in [3.8, 4) is 5.75 Å². The molecule has 0 aliphatic carbocycles. The fraction of sp³-hybridized carbons (Fsp3) is 0.261. The van der Waals surface area contributed by atoms with Crippen LogP contribution in [0.5, 0.6) is 5.75 Å². The van der Waals surface area contributed by atoms with E-state index in [9.17, 15) is 9.90 Å². The number of nitrogens with zero attached hydrogens (tertiary/aromatic N) is 1. The first-order valence-corrected chi connectivity index (χ1v) is 10.2. The number of carbonyl (C=O) groups is 1. The van der Waals surface area contributed by atoms with Crippen molar-refractivity contribution in [2.75, 3.05) is 13.7 Å². The number of aliphatic hydroxyl groups excluding tert-OH is 1. The molecule has 1 atom stereocenters. The SMILES string of the molecule is COc1ccc(CCC(=O)N(Cc2ccccc2)C[C@@H](O)c2ccsc2)cc1. The molecule has 2 aromatic carbocycles. The van der Waals surface area contributed by atoms with E-state index in [0.29, 0.717) is 19.4 Å². The van der Waals surface area contributed by atoms with E-state index in [1.165, 1.54) is 0 Å². The molecule has 0 bridgehead atoms. The maximum atomic E-state index is 12.9. The smallest absolute Gasteiger partial charge is 0.223 e. The average molecular weight is 396 g/mol. The number of hydrogen-bond donors (Lipinski definition) is 1. The third kappa shape index (κ3) is 5.68. The molecule has 0 fully saturated rings. The Kier molecular flexibility index (Phi) is 7.23. The van der Waals surface area contributed by atoms with Crippen LogP contribution in [0.15, 0.2) is 71.4 Å². The zero-order valence-corrected chi connectivity index (χ0v) is 16.8. The van der Waals surface area contributed by atoms with E-state index in [1.54, 1.807) is 23.3 Å². The monoisotopic (exact) mass is 395 g/mol. The molecule has 1 N–H and O–H groups in total. The first kappa shape index (κ1) is 20.1. The zero-order chi connectivity index (χ0) is 19.8. The molecule has 0 aliphatic rings. The van der Waals surface area contributed by atoms with E-state index in [0.717, 1.165) is 22.4 Å². The van der Waals surface area contributed by atoms with Crippen LogP contribution in [0.1, 0.15) is 29.2 Å². The summed E-state index contributed by atoms with van der Waals surface area (Å²) in [6.45, 7) is 0.774.